The number of hydrogen-bond donors (Lipinski definition) is 2. The van der Waals surface area contributed by atoms with Crippen molar-refractivity contribution < 1.29 is 5.11 Å². The van der Waals surface area contributed by atoms with Crippen LogP contribution in [0.5, 0.6) is 5.75 Å². The molecule has 1 aliphatic heterocycles. The van der Waals surface area contributed by atoms with E-state index in [4.69, 9.17) is 4.98 Å². The van der Waals surface area contributed by atoms with Gasteiger partial charge in [0.2, 0.25) is 0 Å². The van der Waals surface area contributed by atoms with Gasteiger partial charge in [0.1, 0.15) is 5.75 Å². The Morgan fingerprint density at radius 1 is 1.16 bits per heavy atom. The van der Waals surface area contributed by atoms with Gasteiger partial charge in [-0.15, -0.1) is 24.8 Å². The van der Waals surface area contributed by atoms with Gasteiger partial charge in [-0.05, 0) is 43.1 Å². The van der Waals surface area contributed by atoms with Crippen LogP contribution >= 0.6 is 24.8 Å². The maximum Gasteiger partial charge on any atom is 0.125 e. The smallest absolute Gasteiger partial charge is 0.125 e. The number of benzene rings is 1. The fraction of sp³-hybridized carbons (Fsp3) is 0.357. The number of nitrogens with one attached hydrogen (secondary N) is 1. The van der Waals surface area contributed by atoms with E-state index < -0.39 is 0 Å². The number of rotatable bonds is 0. The van der Waals surface area contributed by atoms with Crippen LogP contribution in [-0.2, 0) is 12.8 Å². The number of aryl methyl sites for hydroxylation is 1. The van der Waals surface area contributed by atoms with Crippen molar-refractivity contribution in [3.8, 4) is 5.75 Å². The van der Waals surface area contributed by atoms with Gasteiger partial charge in [-0.1, -0.05) is 6.07 Å². The quantitative estimate of drug-likeness (QED) is 0.786. The minimum Gasteiger partial charge on any atom is -0.507 e. The van der Waals surface area contributed by atoms with E-state index in [1.807, 2.05) is 12.1 Å². The van der Waals surface area contributed by atoms with Crippen molar-refractivity contribution in [3.63, 3.8) is 0 Å². The summed E-state index contributed by atoms with van der Waals surface area (Å²) in [4.78, 5) is 4.70. The molecule has 2 N–H and O–H groups in total. The maximum atomic E-state index is 9.97. The second kappa shape index (κ2) is 6.42. The molecular weight excluding hydrogens is 283 g/mol. The molecule has 2 aromatic rings. The fourth-order valence-electron chi connectivity index (χ4n) is 2.67. The predicted molar refractivity (Wildman–Crippen MR) is 82.9 cm³/mol. The van der Waals surface area contributed by atoms with Crippen molar-refractivity contribution in [3.05, 3.63) is 35.0 Å². The summed E-state index contributed by atoms with van der Waals surface area (Å²) in [6.07, 6.45) is 1.97. The summed E-state index contributed by atoms with van der Waals surface area (Å²) in [5, 5.41) is 14.3. The van der Waals surface area contributed by atoms with Crippen LogP contribution in [0, 0.1) is 6.92 Å². The van der Waals surface area contributed by atoms with Crippen LogP contribution in [0.15, 0.2) is 18.2 Å². The molecule has 5 heteroatoms. The largest absolute Gasteiger partial charge is 0.507 e. The number of fused-ring (bicyclic) bond motifs is 2. The van der Waals surface area contributed by atoms with Crippen LogP contribution in [0.1, 0.15) is 16.8 Å². The first-order chi connectivity index (χ1) is 8.27. The average Bonchev–Trinajstić information content (AvgIpc) is 2.54. The minimum atomic E-state index is 0. The molecule has 1 aromatic heterocycles. The molecule has 2 heterocycles. The highest BCUT2D eigenvalue weighted by atomic mass is 35.5. The number of nitrogens with zero attached hydrogens (tertiary/aromatic N) is 1. The molecule has 1 aliphatic rings. The van der Waals surface area contributed by atoms with E-state index in [-0.39, 0.29) is 24.8 Å². The van der Waals surface area contributed by atoms with E-state index in [0.717, 1.165) is 36.8 Å². The Hall–Kier alpha value is -1.03. The second-order valence-electron chi connectivity index (χ2n) is 4.58. The Labute approximate surface area is 125 Å². The number of aromatic hydroxyl groups is 1. The first-order valence-corrected chi connectivity index (χ1v) is 6.08. The zero-order chi connectivity index (χ0) is 11.8. The van der Waals surface area contributed by atoms with E-state index in [0.29, 0.717) is 5.75 Å². The maximum absolute atomic E-state index is 9.97. The van der Waals surface area contributed by atoms with Crippen molar-refractivity contribution >= 4 is 35.7 Å². The van der Waals surface area contributed by atoms with Gasteiger partial charge < -0.3 is 10.4 Å². The Kier molecular flexibility index (Phi) is 5.41. The van der Waals surface area contributed by atoms with Gasteiger partial charge in [0.15, 0.2) is 0 Å². The minimum absolute atomic E-state index is 0. The van der Waals surface area contributed by atoms with Crippen molar-refractivity contribution in [2.24, 2.45) is 0 Å². The summed E-state index contributed by atoms with van der Waals surface area (Å²) in [6.45, 7) is 4.08. The number of pyridine rings is 1. The zero-order valence-electron chi connectivity index (χ0n) is 10.8. The molecule has 0 atom stereocenters. The zero-order valence-corrected chi connectivity index (χ0v) is 12.4. The standard InChI is InChI=1S/C14H16N2O.2ClH/c1-9-10-5-7-15-8-6-11(10)16-12-3-2-4-13(17)14(9)12;;/h2-4,15,17H,5-8H2,1H3;2*1H. The van der Waals surface area contributed by atoms with E-state index in [9.17, 15) is 5.11 Å². The van der Waals surface area contributed by atoms with Gasteiger partial charge in [0.05, 0.1) is 5.52 Å². The Morgan fingerprint density at radius 2 is 1.89 bits per heavy atom. The molecule has 1 aromatic carbocycles. The van der Waals surface area contributed by atoms with E-state index in [1.165, 1.54) is 16.8 Å². The molecule has 0 saturated carbocycles. The number of phenols is 1. The Morgan fingerprint density at radius 3 is 2.68 bits per heavy atom. The third-order valence-electron chi connectivity index (χ3n) is 3.54. The van der Waals surface area contributed by atoms with E-state index in [2.05, 4.69) is 12.2 Å². The average molecular weight is 301 g/mol. The van der Waals surface area contributed by atoms with Crippen LogP contribution in [0.4, 0.5) is 0 Å². The van der Waals surface area contributed by atoms with Gasteiger partial charge in [-0.3, -0.25) is 4.98 Å². The molecule has 0 aliphatic carbocycles. The predicted octanol–water partition coefficient (Wildman–Crippen LogP) is 2.78. The highest BCUT2D eigenvalue weighted by Crippen LogP contribution is 2.30. The van der Waals surface area contributed by atoms with Gasteiger partial charge in [0, 0.05) is 24.0 Å². The molecule has 0 bridgehead atoms. The monoisotopic (exact) mass is 300 g/mol. The lowest BCUT2D eigenvalue weighted by atomic mass is 9.98. The van der Waals surface area contributed by atoms with E-state index in [1.54, 1.807) is 6.07 Å². The molecule has 3 rings (SSSR count). The summed E-state index contributed by atoms with van der Waals surface area (Å²) in [7, 11) is 0. The molecule has 3 nitrogen and oxygen atoms in total. The van der Waals surface area contributed by atoms with Gasteiger partial charge in [-0.2, -0.15) is 0 Å². The van der Waals surface area contributed by atoms with Crippen LogP contribution in [0.2, 0.25) is 0 Å². The van der Waals surface area contributed by atoms with Crippen LogP contribution < -0.4 is 5.32 Å². The van der Waals surface area contributed by atoms with Gasteiger partial charge in [-0.25, -0.2) is 0 Å². The van der Waals surface area contributed by atoms with Crippen molar-refractivity contribution in [2.75, 3.05) is 13.1 Å². The van der Waals surface area contributed by atoms with Crippen molar-refractivity contribution in [1.29, 1.82) is 0 Å². The van der Waals surface area contributed by atoms with Crippen molar-refractivity contribution in [1.82, 2.24) is 10.3 Å². The number of phenolic OH excluding ortho intramolecular Hbond substituents is 1. The van der Waals surface area contributed by atoms with Gasteiger partial charge in [0.25, 0.3) is 0 Å². The normalized spacial score (nSPS) is 13.9. The third-order valence-corrected chi connectivity index (χ3v) is 3.54. The molecule has 0 radical (unpaired) electrons. The lowest BCUT2D eigenvalue weighted by molar-refractivity contribution is 0.481. The molecule has 0 spiro atoms. The number of hydrogen-bond acceptors (Lipinski definition) is 3. The first-order valence-electron chi connectivity index (χ1n) is 6.08. The molecule has 0 saturated heterocycles. The molecular formula is C14H18Cl2N2O. The lowest BCUT2D eigenvalue weighted by Gasteiger charge is -2.12. The van der Waals surface area contributed by atoms with Crippen LogP contribution in [0.25, 0.3) is 10.9 Å². The summed E-state index contributed by atoms with van der Waals surface area (Å²) in [5.74, 6) is 0.340. The lowest BCUT2D eigenvalue weighted by Crippen LogP contribution is -2.16. The highest BCUT2D eigenvalue weighted by Gasteiger charge is 2.15. The molecule has 0 unspecified atom stereocenters. The number of halogens is 2. The molecule has 19 heavy (non-hydrogen) atoms. The highest BCUT2D eigenvalue weighted by molar-refractivity contribution is 5.89. The summed E-state index contributed by atoms with van der Waals surface area (Å²) in [6, 6.07) is 5.56. The summed E-state index contributed by atoms with van der Waals surface area (Å²) < 4.78 is 0. The summed E-state index contributed by atoms with van der Waals surface area (Å²) in [5.41, 5.74) is 4.59. The topological polar surface area (TPSA) is 45.2 Å². The molecule has 104 valence electrons. The second-order valence-corrected chi connectivity index (χ2v) is 4.58. The van der Waals surface area contributed by atoms with E-state index >= 15 is 0 Å². The third kappa shape index (κ3) is 2.78. The fourth-order valence-corrected chi connectivity index (χ4v) is 2.67. The molecule has 0 fully saturated rings. The summed E-state index contributed by atoms with van der Waals surface area (Å²) >= 11 is 0. The first kappa shape index (κ1) is 16.0. The SMILES string of the molecule is Cc1c2c(nc3cccc(O)c13)CCNCC2.Cl.Cl. The Balaban J connectivity index is 0.000000902. The van der Waals surface area contributed by atoms with Crippen LogP contribution in [0.3, 0.4) is 0 Å². The van der Waals surface area contributed by atoms with Gasteiger partial charge >= 0.3 is 0 Å². The Bertz CT molecular complexity index is 587. The van der Waals surface area contributed by atoms with Crippen molar-refractivity contribution in [2.45, 2.75) is 19.8 Å². The molecule has 0 amide bonds. The van der Waals surface area contributed by atoms with Crippen LogP contribution in [-0.4, -0.2) is 23.2 Å². The number of aromatic nitrogens is 1.